The highest BCUT2D eigenvalue weighted by Crippen LogP contribution is 2.35. The number of thiophene rings is 1. The number of hydrogen-bond acceptors (Lipinski definition) is 2. The maximum Gasteiger partial charge on any atom is 0.0899 e. The zero-order chi connectivity index (χ0) is 12.3. The largest absolute Gasteiger partial charge is 0.388 e. The van der Waals surface area contributed by atoms with Crippen LogP contribution in [0.4, 0.5) is 0 Å². The summed E-state index contributed by atoms with van der Waals surface area (Å²) in [6.07, 6.45) is 1.50. The van der Waals surface area contributed by atoms with E-state index in [1.807, 2.05) is 11.4 Å². The minimum absolute atomic E-state index is 0.318. The molecule has 0 aromatic carbocycles. The van der Waals surface area contributed by atoms with Gasteiger partial charge in [-0.2, -0.15) is 0 Å². The summed E-state index contributed by atoms with van der Waals surface area (Å²) in [5, 5.41) is 12.7. The Labute approximate surface area is 107 Å². The SMILES string of the molecule is CC(CC(O)c1sccc1Cl)CC(C)(C)C. The molecule has 0 amide bonds. The average molecular weight is 261 g/mol. The monoisotopic (exact) mass is 260 g/mol. The van der Waals surface area contributed by atoms with Gasteiger partial charge in [-0.1, -0.05) is 39.3 Å². The average Bonchev–Trinajstić information content (AvgIpc) is 2.47. The van der Waals surface area contributed by atoms with Gasteiger partial charge in [-0.05, 0) is 35.6 Å². The first kappa shape index (κ1) is 14.0. The van der Waals surface area contributed by atoms with Gasteiger partial charge in [0.25, 0.3) is 0 Å². The normalized spacial score (nSPS) is 16.1. The van der Waals surface area contributed by atoms with E-state index in [-0.39, 0.29) is 0 Å². The van der Waals surface area contributed by atoms with Crippen molar-refractivity contribution < 1.29 is 5.11 Å². The minimum atomic E-state index is -0.412. The van der Waals surface area contributed by atoms with Gasteiger partial charge in [0.05, 0.1) is 16.0 Å². The lowest BCUT2D eigenvalue weighted by Crippen LogP contribution is -2.13. The standard InChI is InChI=1S/C13H21ClOS/c1-9(8-13(2,3)4)7-11(15)12-10(14)5-6-16-12/h5-6,9,11,15H,7-8H2,1-4H3. The second kappa shape index (κ2) is 5.52. The van der Waals surface area contributed by atoms with Crippen molar-refractivity contribution in [2.45, 2.75) is 46.6 Å². The zero-order valence-corrected chi connectivity index (χ0v) is 12.0. The summed E-state index contributed by atoms with van der Waals surface area (Å²) in [7, 11) is 0. The van der Waals surface area contributed by atoms with E-state index in [2.05, 4.69) is 27.7 Å². The van der Waals surface area contributed by atoms with E-state index < -0.39 is 6.10 Å². The summed E-state index contributed by atoms with van der Waals surface area (Å²) in [4.78, 5) is 0.905. The molecule has 16 heavy (non-hydrogen) atoms. The fourth-order valence-corrected chi connectivity index (χ4v) is 3.34. The fraction of sp³-hybridized carbons (Fsp3) is 0.692. The van der Waals surface area contributed by atoms with Crippen LogP contribution in [0.1, 0.15) is 51.5 Å². The Morgan fingerprint density at radius 2 is 2.06 bits per heavy atom. The molecule has 0 bridgehead atoms. The Bertz CT molecular complexity index is 327. The second-order valence-electron chi connectivity index (χ2n) is 5.75. The van der Waals surface area contributed by atoms with Crippen LogP contribution in [-0.4, -0.2) is 5.11 Å². The molecule has 0 aliphatic heterocycles. The van der Waals surface area contributed by atoms with Crippen LogP contribution in [-0.2, 0) is 0 Å². The Morgan fingerprint density at radius 1 is 1.44 bits per heavy atom. The minimum Gasteiger partial charge on any atom is -0.388 e. The maximum atomic E-state index is 10.1. The summed E-state index contributed by atoms with van der Waals surface area (Å²) in [5.41, 5.74) is 0.318. The van der Waals surface area contributed by atoms with Crippen molar-refractivity contribution in [3.63, 3.8) is 0 Å². The molecule has 0 spiro atoms. The van der Waals surface area contributed by atoms with E-state index >= 15 is 0 Å². The van der Waals surface area contributed by atoms with Crippen molar-refractivity contribution in [2.24, 2.45) is 11.3 Å². The van der Waals surface area contributed by atoms with Gasteiger partial charge in [0.15, 0.2) is 0 Å². The smallest absolute Gasteiger partial charge is 0.0899 e. The molecule has 1 aromatic rings. The van der Waals surface area contributed by atoms with Crippen LogP contribution in [0.25, 0.3) is 0 Å². The molecule has 0 radical (unpaired) electrons. The quantitative estimate of drug-likeness (QED) is 0.817. The van der Waals surface area contributed by atoms with Gasteiger partial charge in [0, 0.05) is 0 Å². The third-order valence-corrected chi connectivity index (χ3v) is 3.99. The zero-order valence-electron chi connectivity index (χ0n) is 10.5. The van der Waals surface area contributed by atoms with Gasteiger partial charge < -0.3 is 5.11 Å². The molecule has 2 unspecified atom stereocenters. The van der Waals surface area contributed by atoms with Crippen LogP contribution in [0, 0.1) is 11.3 Å². The van der Waals surface area contributed by atoms with E-state index in [1.165, 1.54) is 11.3 Å². The van der Waals surface area contributed by atoms with Crippen molar-refractivity contribution >= 4 is 22.9 Å². The molecule has 1 rings (SSSR count). The van der Waals surface area contributed by atoms with Gasteiger partial charge in [0.1, 0.15) is 0 Å². The van der Waals surface area contributed by atoms with Crippen LogP contribution in [0.3, 0.4) is 0 Å². The molecule has 1 N–H and O–H groups in total. The Hall–Kier alpha value is -0.0500. The molecule has 0 saturated carbocycles. The number of aliphatic hydroxyl groups is 1. The first-order chi connectivity index (χ1) is 7.29. The van der Waals surface area contributed by atoms with Crippen LogP contribution in [0.2, 0.25) is 5.02 Å². The number of aliphatic hydroxyl groups excluding tert-OH is 1. The number of halogens is 1. The third kappa shape index (κ3) is 4.44. The number of rotatable bonds is 4. The summed E-state index contributed by atoms with van der Waals surface area (Å²) in [6, 6.07) is 1.85. The molecule has 92 valence electrons. The van der Waals surface area contributed by atoms with Crippen molar-refractivity contribution in [3.05, 3.63) is 21.3 Å². The molecule has 0 fully saturated rings. The van der Waals surface area contributed by atoms with E-state index in [1.54, 1.807) is 0 Å². The summed E-state index contributed by atoms with van der Waals surface area (Å²) < 4.78 is 0. The fourth-order valence-electron chi connectivity index (χ4n) is 2.16. The highest BCUT2D eigenvalue weighted by atomic mass is 35.5. The molecule has 1 heterocycles. The molecule has 1 nitrogen and oxygen atoms in total. The number of hydrogen-bond donors (Lipinski definition) is 1. The Balaban J connectivity index is 2.52. The van der Waals surface area contributed by atoms with E-state index in [9.17, 15) is 5.11 Å². The molecular weight excluding hydrogens is 240 g/mol. The van der Waals surface area contributed by atoms with Crippen LogP contribution >= 0.6 is 22.9 Å². The highest BCUT2D eigenvalue weighted by Gasteiger charge is 2.20. The predicted molar refractivity (Wildman–Crippen MR) is 72.1 cm³/mol. The maximum absolute atomic E-state index is 10.1. The van der Waals surface area contributed by atoms with Crippen molar-refractivity contribution in [3.8, 4) is 0 Å². The molecule has 3 heteroatoms. The lowest BCUT2D eigenvalue weighted by Gasteiger charge is -2.24. The van der Waals surface area contributed by atoms with Gasteiger partial charge in [-0.3, -0.25) is 0 Å². The van der Waals surface area contributed by atoms with E-state index in [0.717, 1.165) is 17.7 Å². The summed E-state index contributed by atoms with van der Waals surface area (Å²) in [6.45, 7) is 8.88. The van der Waals surface area contributed by atoms with Crippen molar-refractivity contribution in [1.29, 1.82) is 0 Å². The Morgan fingerprint density at radius 3 is 2.50 bits per heavy atom. The van der Waals surface area contributed by atoms with Gasteiger partial charge in [-0.25, -0.2) is 0 Å². The van der Waals surface area contributed by atoms with Crippen LogP contribution in [0.15, 0.2) is 11.4 Å². The Kier molecular flexibility index (Phi) is 4.84. The molecular formula is C13H21ClOS. The molecule has 0 aliphatic carbocycles. The molecule has 0 saturated heterocycles. The van der Waals surface area contributed by atoms with Gasteiger partial charge >= 0.3 is 0 Å². The summed E-state index contributed by atoms with van der Waals surface area (Å²) in [5.74, 6) is 0.508. The second-order valence-corrected chi connectivity index (χ2v) is 7.11. The van der Waals surface area contributed by atoms with Crippen LogP contribution in [0.5, 0.6) is 0 Å². The topological polar surface area (TPSA) is 20.2 Å². The lowest BCUT2D eigenvalue weighted by molar-refractivity contribution is 0.137. The van der Waals surface area contributed by atoms with E-state index in [4.69, 9.17) is 11.6 Å². The predicted octanol–water partition coefficient (Wildman–Crippen LogP) is 4.90. The van der Waals surface area contributed by atoms with Gasteiger partial charge in [0.2, 0.25) is 0 Å². The van der Waals surface area contributed by atoms with Crippen molar-refractivity contribution in [2.75, 3.05) is 0 Å². The van der Waals surface area contributed by atoms with Gasteiger partial charge in [-0.15, -0.1) is 11.3 Å². The lowest BCUT2D eigenvalue weighted by atomic mass is 9.83. The first-order valence-electron chi connectivity index (χ1n) is 5.70. The third-order valence-electron chi connectivity index (χ3n) is 2.53. The first-order valence-corrected chi connectivity index (χ1v) is 6.96. The molecule has 1 aromatic heterocycles. The molecule has 2 atom stereocenters. The highest BCUT2D eigenvalue weighted by molar-refractivity contribution is 7.10. The molecule has 0 aliphatic rings. The van der Waals surface area contributed by atoms with Crippen molar-refractivity contribution in [1.82, 2.24) is 0 Å². The summed E-state index contributed by atoms with van der Waals surface area (Å²) >= 11 is 7.54. The van der Waals surface area contributed by atoms with Crippen LogP contribution < -0.4 is 0 Å². The van der Waals surface area contributed by atoms with E-state index in [0.29, 0.717) is 16.4 Å².